The predicted octanol–water partition coefficient (Wildman–Crippen LogP) is -10.0. The number of amides is 4. The number of benzene rings is 2. The summed E-state index contributed by atoms with van der Waals surface area (Å²) in [5, 5.41) is 88.0. The topological polar surface area (TPSA) is 400 Å². The van der Waals surface area contributed by atoms with Gasteiger partial charge in [-0.25, -0.2) is 9.36 Å². The molecule has 74 heavy (non-hydrogen) atoms. The van der Waals surface area contributed by atoms with E-state index in [0.717, 1.165) is 42.7 Å². The molecule has 0 radical (unpaired) electrons. The quantitative estimate of drug-likeness (QED) is 0.0272. The van der Waals surface area contributed by atoms with Gasteiger partial charge in [0.05, 0.1) is 37.6 Å². The van der Waals surface area contributed by atoms with Crippen LogP contribution in [0.25, 0.3) is 0 Å². The molecule has 0 bridgehead atoms. The summed E-state index contributed by atoms with van der Waals surface area (Å²) in [4.78, 5) is 98.8. The van der Waals surface area contributed by atoms with Crippen molar-refractivity contribution in [3.63, 3.8) is 0 Å². The smallest absolute Gasteiger partial charge is 0.543 e. The van der Waals surface area contributed by atoms with Crippen molar-refractivity contribution in [2.45, 2.75) is 58.4 Å². The fourth-order valence-corrected chi connectivity index (χ4v) is 12.2. The Morgan fingerprint density at radius 3 is 1.38 bits per heavy atom. The van der Waals surface area contributed by atoms with Gasteiger partial charge in [-0.3, -0.25) is 38.6 Å². The Hall–Kier alpha value is -3.99. The number of β-lactam (4-membered cyclic amide) rings is 2. The number of aliphatic hydroxyl groups excluding tert-OH is 2. The number of nitrogens with one attached hydrogen (secondary N) is 2. The Balaban J connectivity index is 0.000000267. The van der Waals surface area contributed by atoms with Gasteiger partial charge in [0.15, 0.2) is 12.2 Å². The van der Waals surface area contributed by atoms with E-state index in [1.54, 1.807) is 36.4 Å². The van der Waals surface area contributed by atoms with Gasteiger partial charge < -0.3 is 60.3 Å². The van der Waals surface area contributed by atoms with Crippen LogP contribution in [0.15, 0.2) is 81.4 Å². The maximum Gasteiger partial charge on any atom is 1.00 e. The number of hydrogen-bond acceptors (Lipinski definition) is 24. The molecule has 380 valence electrons. The van der Waals surface area contributed by atoms with Crippen LogP contribution in [0.3, 0.4) is 0 Å². The summed E-state index contributed by atoms with van der Waals surface area (Å²) < 4.78 is 12.4. The van der Waals surface area contributed by atoms with E-state index in [9.17, 15) is 58.8 Å². The molecule has 34 heteroatoms. The minimum Gasteiger partial charge on any atom is -0.543 e. The van der Waals surface area contributed by atoms with Crippen molar-refractivity contribution in [3.8, 4) is 11.5 Å². The molecule has 0 aliphatic carbocycles. The Labute approximate surface area is 519 Å². The minimum absolute atomic E-state index is 0. The number of hydrogen-bond donors (Lipinski definition) is 6. The second-order valence-electron chi connectivity index (χ2n) is 15.2. The summed E-state index contributed by atoms with van der Waals surface area (Å²) in [5.41, 5.74) is 0.528. The van der Waals surface area contributed by atoms with Crippen LogP contribution in [-0.2, 0) is 51.4 Å². The molecule has 4 aliphatic rings. The normalized spacial score (nSPS) is 19.3. The third-order valence-electron chi connectivity index (χ3n) is 10.8. The zero-order valence-electron chi connectivity index (χ0n) is 39.1. The van der Waals surface area contributed by atoms with E-state index in [1.165, 1.54) is 49.9 Å². The second kappa shape index (κ2) is 27.4. The largest absolute Gasteiger partial charge is 1.00 e. The zero-order valence-corrected chi connectivity index (χ0v) is 48.6. The third kappa shape index (κ3) is 13.6. The number of thioether (sulfide) groups is 4. The van der Waals surface area contributed by atoms with Crippen LogP contribution in [0.4, 0.5) is 0 Å². The molecule has 6 N–H and O–H groups in total. The molecule has 2 unspecified atom stereocenters. The first-order valence-corrected chi connectivity index (χ1v) is 24.7. The van der Waals surface area contributed by atoms with Crippen molar-refractivity contribution in [3.05, 3.63) is 82.2 Å². The van der Waals surface area contributed by atoms with Crippen molar-refractivity contribution in [1.29, 1.82) is 0 Å². The predicted molar refractivity (Wildman–Crippen MR) is 242 cm³/mol. The fraction of sp³-hybridized carbons (Fsp3) is 0.350. The molecule has 0 saturated carbocycles. The Bertz CT molecular complexity index is 2700. The number of aromatic nitrogens is 8. The first-order chi connectivity index (χ1) is 34.4. The number of aliphatic hydroxyl groups is 2. The molecule has 6 atom stereocenters. The van der Waals surface area contributed by atoms with Crippen LogP contribution in [0.2, 0.25) is 0 Å². The summed E-state index contributed by atoms with van der Waals surface area (Å²) in [5.74, 6) is -7.27. The molecular formula is C40H38K2N12O16S4. The van der Waals surface area contributed by atoms with Crippen molar-refractivity contribution in [2.75, 3.05) is 37.2 Å². The summed E-state index contributed by atoms with van der Waals surface area (Å²) >= 11 is 4.50. The number of fused-ring (bicyclic) bond motifs is 2. The number of carbonyl (C=O) groups is 8. The molecule has 2 fully saturated rings. The first-order valence-electron chi connectivity index (χ1n) is 20.7. The number of tetrazole rings is 2. The van der Waals surface area contributed by atoms with E-state index in [1.807, 2.05) is 0 Å². The number of aliphatic carboxylic acids is 4. The molecule has 0 spiro atoms. The van der Waals surface area contributed by atoms with E-state index >= 15 is 0 Å². The number of rotatable bonds is 20. The monoisotopic (exact) mass is 1150 g/mol. The van der Waals surface area contributed by atoms with Crippen LogP contribution >= 0.6 is 47.0 Å². The van der Waals surface area contributed by atoms with Crippen molar-refractivity contribution in [2.24, 2.45) is 0 Å². The molecule has 2 aromatic heterocycles. The maximum absolute atomic E-state index is 12.8. The average Bonchev–Trinajstić information content (AvgIpc) is 4.02. The number of carbonyl (C=O) groups excluding carboxylic acids is 6. The Morgan fingerprint density at radius 2 is 1.04 bits per heavy atom. The summed E-state index contributed by atoms with van der Waals surface area (Å²) in [6.45, 7) is -0.934. The van der Waals surface area contributed by atoms with Gasteiger partial charge in [-0.2, -0.15) is 0 Å². The van der Waals surface area contributed by atoms with E-state index in [-0.39, 0.29) is 159 Å². The zero-order chi connectivity index (χ0) is 52.0. The number of carboxylic acids is 4. The van der Waals surface area contributed by atoms with E-state index in [0.29, 0.717) is 22.6 Å². The molecule has 6 heterocycles. The number of carboxylic acid groups (broad SMARTS) is 4. The summed E-state index contributed by atoms with van der Waals surface area (Å²) in [6.07, 6.45) is -3.20. The fourth-order valence-electron chi connectivity index (χ4n) is 7.45. The second-order valence-corrected chi connectivity index (χ2v) is 19.3. The standard InChI is InChI=1S/2C20H20N6O8S2.2K/c2*1-34-11-5-3-2-4-10(11)15(29)16(30)21-13-17(31)26-14(19(32)33)9(7-35-18(13)26)8-36-20-22-23-24-25(20)6-12(27)28;;/h2*2-5,13,15,18,29H,6-8H2,1H3,(H,21,30)(H,27,28)(H,32,33);;/q;;2*+1/p-2/t2*13?,15-,18-;;/m11../s1. The van der Waals surface area contributed by atoms with Crippen LogP contribution in [0.1, 0.15) is 23.3 Å². The third-order valence-corrected chi connectivity index (χ3v) is 15.5. The van der Waals surface area contributed by atoms with E-state index < -0.39 is 95.6 Å². The van der Waals surface area contributed by atoms with Gasteiger partial charge in [-0.15, -0.1) is 33.7 Å². The van der Waals surface area contributed by atoms with Gasteiger partial charge in [-0.1, -0.05) is 59.9 Å². The van der Waals surface area contributed by atoms with Crippen molar-refractivity contribution < 1.29 is 181 Å². The van der Waals surface area contributed by atoms with Gasteiger partial charge >= 0.3 is 115 Å². The van der Waals surface area contributed by atoms with Gasteiger partial charge in [0.2, 0.25) is 10.3 Å². The summed E-state index contributed by atoms with van der Waals surface area (Å²) in [6, 6.07) is 10.7. The Morgan fingerprint density at radius 1 is 0.676 bits per heavy atom. The molecule has 2 saturated heterocycles. The average molecular weight is 1150 g/mol. The molecule has 4 amide bonds. The molecule has 2 aromatic carbocycles. The van der Waals surface area contributed by atoms with Crippen LogP contribution in [0, 0.1) is 0 Å². The molecule has 4 aromatic rings. The van der Waals surface area contributed by atoms with Gasteiger partial charge in [-0.05, 0) is 44.1 Å². The summed E-state index contributed by atoms with van der Waals surface area (Å²) in [7, 11) is 2.79. The van der Waals surface area contributed by atoms with Crippen molar-refractivity contribution in [1.82, 2.24) is 60.8 Å². The Kier molecular flexibility index (Phi) is 22.5. The molecule has 28 nitrogen and oxygen atoms in total. The van der Waals surface area contributed by atoms with Crippen molar-refractivity contribution >= 4 is 94.6 Å². The number of nitrogens with zero attached hydrogens (tertiary/aromatic N) is 10. The van der Waals surface area contributed by atoms with E-state index in [2.05, 4.69) is 41.7 Å². The van der Waals surface area contributed by atoms with E-state index in [4.69, 9.17) is 19.7 Å². The molecule has 8 rings (SSSR count). The SMILES string of the molecule is COc1ccccc1[C@@H](O)C(=O)NC1C(=O)N2C(C(=O)[O-])=C(CSc3nnnn3CC(=O)O)CS[C@H]12.COc1ccccc1[C@@H](O)C(=O)NC1C(=O)N2C(C(=O)[O-])=C(CSc3nnnn3CC(=O)O)CS[C@H]12.[K+].[K+]. The number of methoxy groups -OCH3 is 2. The van der Waals surface area contributed by atoms with Crippen LogP contribution in [-0.4, -0.2) is 178 Å². The number of ether oxygens (including phenoxy) is 2. The van der Waals surface area contributed by atoms with Crippen LogP contribution in [0.5, 0.6) is 11.5 Å². The van der Waals surface area contributed by atoms with Gasteiger partial charge in [0, 0.05) is 34.1 Å². The first kappa shape index (κ1) is 60.9. The molecule has 4 aliphatic heterocycles. The number of para-hydroxylation sites is 2. The van der Waals surface area contributed by atoms with Gasteiger partial charge in [0.25, 0.3) is 23.6 Å². The van der Waals surface area contributed by atoms with Crippen LogP contribution < -0.4 is 133 Å². The van der Waals surface area contributed by atoms with Gasteiger partial charge in [0.1, 0.15) is 47.4 Å². The maximum atomic E-state index is 12.8. The molecular weight excluding hydrogens is 1110 g/mol. The minimum atomic E-state index is -1.60.